The van der Waals surface area contributed by atoms with Crippen LogP contribution in [0.4, 0.5) is 10.5 Å². The van der Waals surface area contributed by atoms with Crippen molar-refractivity contribution in [1.82, 2.24) is 10.3 Å². The van der Waals surface area contributed by atoms with E-state index in [1.165, 1.54) is 6.42 Å². The van der Waals surface area contributed by atoms with Gasteiger partial charge in [0, 0.05) is 11.5 Å². The molecule has 5 nitrogen and oxygen atoms in total. The Hall–Kier alpha value is -1.75. The van der Waals surface area contributed by atoms with E-state index >= 15 is 0 Å². The van der Waals surface area contributed by atoms with Crippen LogP contribution in [0.25, 0.3) is 11.1 Å². The number of halogens is 1. The minimum atomic E-state index is -0.396. The third kappa shape index (κ3) is 2.21. The van der Waals surface area contributed by atoms with Crippen LogP contribution in [0.5, 0.6) is 0 Å². The Balaban J connectivity index is 2.02. The molecule has 23 heavy (non-hydrogen) atoms. The number of oxazole rings is 1. The number of nitrogens with one attached hydrogen (secondary N) is 2. The van der Waals surface area contributed by atoms with Gasteiger partial charge >= 0.3 is 6.03 Å². The maximum atomic E-state index is 12.2. The Labute approximate surface area is 139 Å². The summed E-state index contributed by atoms with van der Waals surface area (Å²) in [5.41, 5.74) is 2.77. The molecule has 6 heteroatoms. The van der Waals surface area contributed by atoms with Crippen LogP contribution >= 0.6 is 11.6 Å². The SMILES string of the molecule is CC(C)c1nc2cc(Cl)c3c(c2o1)C1(CCCCC1)NC(=O)N3. The highest BCUT2D eigenvalue weighted by molar-refractivity contribution is 6.35. The third-order valence-electron chi connectivity index (χ3n) is 4.92. The zero-order valence-electron chi connectivity index (χ0n) is 13.3. The maximum absolute atomic E-state index is 12.2. The first-order valence-corrected chi connectivity index (χ1v) is 8.60. The largest absolute Gasteiger partial charge is 0.440 e. The summed E-state index contributed by atoms with van der Waals surface area (Å²) >= 11 is 6.45. The van der Waals surface area contributed by atoms with E-state index in [2.05, 4.69) is 29.5 Å². The van der Waals surface area contributed by atoms with E-state index in [-0.39, 0.29) is 11.9 Å². The van der Waals surface area contributed by atoms with Crippen LogP contribution in [-0.4, -0.2) is 11.0 Å². The van der Waals surface area contributed by atoms with Gasteiger partial charge in [0.05, 0.1) is 16.2 Å². The van der Waals surface area contributed by atoms with Gasteiger partial charge in [-0.2, -0.15) is 0 Å². The zero-order valence-corrected chi connectivity index (χ0v) is 14.1. The lowest BCUT2D eigenvalue weighted by Gasteiger charge is -2.42. The number of amides is 2. The summed E-state index contributed by atoms with van der Waals surface area (Å²) in [6.45, 7) is 4.10. The van der Waals surface area contributed by atoms with Crippen LogP contribution in [0.15, 0.2) is 10.5 Å². The molecule has 2 aromatic rings. The fourth-order valence-corrected chi connectivity index (χ4v) is 4.08. The van der Waals surface area contributed by atoms with E-state index in [0.717, 1.165) is 42.3 Å². The monoisotopic (exact) mass is 333 g/mol. The van der Waals surface area contributed by atoms with Gasteiger partial charge in [-0.25, -0.2) is 9.78 Å². The van der Waals surface area contributed by atoms with E-state index in [1.54, 1.807) is 6.07 Å². The molecule has 0 radical (unpaired) electrons. The summed E-state index contributed by atoms with van der Waals surface area (Å²) in [5.74, 6) is 0.901. The molecule has 2 aliphatic rings. The maximum Gasteiger partial charge on any atom is 0.319 e. The van der Waals surface area contributed by atoms with E-state index in [0.29, 0.717) is 16.6 Å². The number of carbonyl (C=O) groups excluding carboxylic acids is 1. The fraction of sp³-hybridized carbons (Fsp3) is 0.529. The number of urea groups is 1. The van der Waals surface area contributed by atoms with Crippen LogP contribution in [0.1, 0.15) is 63.3 Å². The summed E-state index contributed by atoms with van der Waals surface area (Å²) < 4.78 is 6.08. The van der Waals surface area contributed by atoms with Crippen LogP contribution in [0.3, 0.4) is 0 Å². The van der Waals surface area contributed by atoms with E-state index in [9.17, 15) is 4.79 Å². The molecule has 1 saturated carbocycles. The van der Waals surface area contributed by atoms with Gasteiger partial charge in [-0.15, -0.1) is 0 Å². The van der Waals surface area contributed by atoms with Crippen molar-refractivity contribution in [2.75, 3.05) is 5.32 Å². The number of hydrogen-bond donors (Lipinski definition) is 2. The Morgan fingerprint density at radius 1 is 1.30 bits per heavy atom. The van der Waals surface area contributed by atoms with Crippen molar-refractivity contribution in [2.24, 2.45) is 0 Å². The number of carbonyl (C=O) groups is 1. The van der Waals surface area contributed by atoms with Crippen molar-refractivity contribution in [3.8, 4) is 0 Å². The molecule has 2 N–H and O–H groups in total. The lowest BCUT2D eigenvalue weighted by Crippen LogP contribution is -2.52. The quantitative estimate of drug-likeness (QED) is 0.780. The van der Waals surface area contributed by atoms with Gasteiger partial charge in [0.1, 0.15) is 5.52 Å². The molecule has 0 atom stereocenters. The zero-order chi connectivity index (χ0) is 16.2. The number of aromatic nitrogens is 1. The predicted octanol–water partition coefficient (Wildman–Crippen LogP) is 4.90. The number of rotatable bonds is 1. The fourth-order valence-electron chi connectivity index (χ4n) is 3.83. The van der Waals surface area contributed by atoms with Crippen LogP contribution < -0.4 is 10.6 Å². The molecular formula is C17H20ClN3O2. The lowest BCUT2D eigenvalue weighted by atomic mass is 9.74. The highest BCUT2D eigenvalue weighted by Gasteiger charge is 2.44. The number of hydrogen-bond acceptors (Lipinski definition) is 3. The summed E-state index contributed by atoms with van der Waals surface area (Å²) in [6, 6.07) is 1.59. The van der Waals surface area contributed by atoms with Gasteiger partial charge in [-0.1, -0.05) is 44.7 Å². The highest BCUT2D eigenvalue weighted by atomic mass is 35.5. The minimum absolute atomic E-state index is 0.191. The molecule has 1 fully saturated rings. The average molecular weight is 334 g/mol. The van der Waals surface area contributed by atoms with Crippen molar-refractivity contribution < 1.29 is 9.21 Å². The molecule has 1 aliphatic heterocycles. The first-order chi connectivity index (χ1) is 11.0. The molecule has 0 bridgehead atoms. The Kier molecular flexibility index (Phi) is 3.30. The number of benzene rings is 1. The van der Waals surface area contributed by atoms with Crippen molar-refractivity contribution in [1.29, 1.82) is 0 Å². The van der Waals surface area contributed by atoms with Crippen LogP contribution in [-0.2, 0) is 5.54 Å². The Bertz CT molecular complexity index is 791. The van der Waals surface area contributed by atoms with Gasteiger partial charge in [0.2, 0.25) is 0 Å². The molecule has 1 spiro atoms. The normalized spacial score (nSPS) is 19.7. The standard InChI is InChI=1S/C17H20ClN3O2/c1-9(2)15-19-11-8-10(18)13-12(14(11)23-15)17(21-16(22)20-13)6-4-3-5-7-17/h8-9H,3-7H2,1-2H3,(H2,20,21,22). The summed E-state index contributed by atoms with van der Waals surface area (Å²) in [4.78, 5) is 16.8. The second-order valence-electron chi connectivity index (χ2n) is 6.89. The molecule has 2 heterocycles. The van der Waals surface area contributed by atoms with Crippen molar-refractivity contribution in [3.05, 3.63) is 22.5 Å². The highest BCUT2D eigenvalue weighted by Crippen LogP contribution is 2.48. The summed E-state index contributed by atoms with van der Waals surface area (Å²) in [7, 11) is 0. The van der Waals surface area contributed by atoms with Gasteiger partial charge in [0.15, 0.2) is 11.5 Å². The van der Waals surface area contributed by atoms with Gasteiger partial charge < -0.3 is 15.1 Å². The van der Waals surface area contributed by atoms with Crippen molar-refractivity contribution in [3.63, 3.8) is 0 Å². The van der Waals surface area contributed by atoms with Crippen molar-refractivity contribution in [2.45, 2.75) is 57.4 Å². The Morgan fingerprint density at radius 3 is 2.74 bits per heavy atom. The molecule has 1 aromatic carbocycles. The van der Waals surface area contributed by atoms with Crippen LogP contribution in [0, 0.1) is 0 Å². The molecule has 0 unspecified atom stereocenters. The van der Waals surface area contributed by atoms with E-state index < -0.39 is 5.54 Å². The molecular weight excluding hydrogens is 314 g/mol. The molecule has 2 amide bonds. The van der Waals surface area contributed by atoms with Crippen LogP contribution in [0.2, 0.25) is 5.02 Å². The van der Waals surface area contributed by atoms with Gasteiger partial charge in [-0.3, -0.25) is 0 Å². The van der Waals surface area contributed by atoms with Crippen molar-refractivity contribution >= 4 is 34.4 Å². The topological polar surface area (TPSA) is 67.2 Å². The Morgan fingerprint density at radius 2 is 2.04 bits per heavy atom. The van der Waals surface area contributed by atoms with Gasteiger partial charge in [-0.05, 0) is 18.9 Å². The molecule has 0 saturated heterocycles. The summed E-state index contributed by atoms with van der Waals surface area (Å²) in [6.07, 6.45) is 5.16. The first-order valence-electron chi connectivity index (χ1n) is 8.23. The molecule has 1 aromatic heterocycles. The predicted molar refractivity (Wildman–Crippen MR) is 90.0 cm³/mol. The number of anilines is 1. The average Bonchev–Trinajstić information content (AvgIpc) is 2.91. The van der Waals surface area contributed by atoms with Gasteiger partial charge in [0.25, 0.3) is 0 Å². The summed E-state index contributed by atoms with van der Waals surface area (Å²) in [5, 5.41) is 6.53. The number of nitrogens with zero attached hydrogens (tertiary/aromatic N) is 1. The second kappa shape index (κ2) is 5.13. The van der Waals surface area contributed by atoms with E-state index in [4.69, 9.17) is 16.0 Å². The molecule has 122 valence electrons. The van der Waals surface area contributed by atoms with E-state index in [1.807, 2.05) is 0 Å². The molecule has 4 rings (SSSR count). The second-order valence-corrected chi connectivity index (χ2v) is 7.29. The third-order valence-corrected chi connectivity index (χ3v) is 5.22. The molecule has 1 aliphatic carbocycles. The lowest BCUT2D eigenvalue weighted by molar-refractivity contribution is 0.209. The smallest absolute Gasteiger partial charge is 0.319 e. The first kappa shape index (κ1) is 14.8. The number of fused-ring (bicyclic) bond motifs is 4. The minimum Gasteiger partial charge on any atom is -0.440 e.